The van der Waals surface area contributed by atoms with E-state index in [0.717, 1.165) is 36.4 Å². The predicted octanol–water partition coefficient (Wildman–Crippen LogP) is 4.22. The van der Waals surface area contributed by atoms with Crippen LogP contribution in [0.15, 0.2) is 51.7 Å². The highest BCUT2D eigenvalue weighted by Crippen LogP contribution is 2.29. The van der Waals surface area contributed by atoms with Crippen LogP contribution in [0.3, 0.4) is 0 Å². The van der Waals surface area contributed by atoms with E-state index >= 15 is 0 Å². The molecule has 1 aliphatic carbocycles. The summed E-state index contributed by atoms with van der Waals surface area (Å²) in [5.41, 5.74) is 3.53. The van der Waals surface area contributed by atoms with E-state index in [1.165, 1.54) is 41.5 Å². The molecule has 6 nitrogen and oxygen atoms in total. The molecule has 0 spiro atoms. The molecule has 1 unspecified atom stereocenters. The third-order valence-corrected chi connectivity index (χ3v) is 6.46. The third kappa shape index (κ3) is 5.19. The van der Waals surface area contributed by atoms with Crippen molar-refractivity contribution in [2.45, 2.75) is 38.0 Å². The van der Waals surface area contributed by atoms with Crippen molar-refractivity contribution in [2.75, 3.05) is 11.1 Å². The minimum atomic E-state index is -0.579. The van der Waals surface area contributed by atoms with Crippen LogP contribution < -0.4 is 10.9 Å². The summed E-state index contributed by atoms with van der Waals surface area (Å²) < 4.78 is 23.7. The first-order valence-corrected chi connectivity index (χ1v) is 11.4. The summed E-state index contributed by atoms with van der Waals surface area (Å²) in [4.78, 5) is 36.4. The SMILES string of the molecule is CC(SCC(=O)Nc1ccc(F)cc1)C(=O)OCc1cc(=O)oc2cc3c(cc12)CCC3. The molecule has 3 aromatic rings. The smallest absolute Gasteiger partial charge is 0.336 e. The summed E-state index contributed by atoms with van der Waals surface area (Å²) in [5, 5.41) is 2.84. The van der Waals surface area contributed by atoms with Crippen LogP contribution in [0, 0.1) is 5.82 Å². The van der Waals surface area contributed by atoms with Gasteiger partial charge in [0.1, 0.15) is 23.3 Å². The monoisotopic (exact) mass is 455 g/mol. The van der Waals surface area contributed by atoms with Crippen molar-refractivity contribution in [1.82, 2.24) is 0 Å². The Morgan fingerprint density at radius 1 is 1.16 bits per heavy atom. The normalized spacial score (nSPS) is 13.6. The van der Waals surface area contributed by atoms with E-state index in [0.29, 0.717) is 16.8 Å². The van der Waals surface area contributed by atoms with Crippen molar-refractivity contribution in [3.63, 3.8) is 0 Å². The first kappa shape index (κ1) is 22.1. The maximum atomic E-state index is 12.9. The highest BCUT2D eigenvalue weighted by molar-refractivity contribution is 8.01. The summed E-state index contributed by atoms with van der Waals surface area (Å²) in [6.07, 6.45) is 3.03. The topological polar surface area (TPSA) is 85.6 Å². The number of anilines is 1. The molecule has 1 aliphatic rings. The van der Waals surface area contributed by atoms with Gasteiger partial charge in [-0.1, -0.05) is 0 Å². The van der Waals surface area contributed by atoms with Crippen LogP contribution in [0.1, 0.15) is 30.0 Å². The molecule has 0 bridgehead atoms. The molecule has 0 fully saturated rings. The number of fused-ring (bicyclic) bond motifs is 2. The van der Waals surface area contributed by atoms with Gasteiger partial charge in [0.2, 0.25) is 5.91 Å². The Morgan fingerprint density at radius 3 is 2.62 bits per heavy atom. The zero-order valence-corrected chi connectivity index (χ0v) is 18.3. The van der Waals surface area contributed by atoms with E-state index in [1.807, 2.05) is 12.1 Å². The molecule has 1 N–H and O–H groups in total. The lowest BCUT2D eigenvalue weighted by molar-refractivity contribution is -0.143. The van der Waals surface area contributed by atoms with E-state index in [4.69, 9.17) is 9.15 Å². The number of hydrogen-bond acceptors (Lipinski definition) is 6. The number of aryl methyl sites for hydroxylation is 2. The lowest BCUT2D eigenvalue weighted by Crippen LogP contribution is -2.21. The molecular formula is C24H22FNO5S. The number of benzene rings is 2. The van der Waals surface area contributed by atoms with E-state index in [2.05, 4.69) is 5.32 Å². The van der Waals surface area contributed by atoms with E-state index < -0.39 is 16.8 Å². The molecule has 4 rings (SSSR count). The molecule has 166 valence electrons. The van der Waals surface area contributed by atoms with Gasteiger partial charge in [0, 0.05) is 22.7 Å². The van der Waals surface area contributed by atoms with E-state index in [-0.39, 0.29) is 24.1 Å². The van der Waals surface area contributed by atoms with Gasteiger partial charge in [0.05, 0.1) is 5.75 Å². The van der Waals surface area contributed by atoms with Gasteiger partial charge in [-0.2, -0.15) is 0 Å². The summed E-state index contributed by atoms with van der Waals surface area (Å²) >= 11 is 1.13. The largest absolute Gasteiger partial charge is 0.460 e. The second-order valence-corrected chi connectivity index (χ2v) is 9.01. The molecule has 0 saturated heterocycles. The highest BCUT2D eigenvalue weighted by Gasteiger charge is 2.19. The van der Waals surface area contributed by atoms with Gasteiger partial charge in [-0.3, -0.25) is 9.59 Å². The van der Waals surface area contributed by atoms with Crippen LogP contribution in [0.4, 0.5) is 10.1 Å². The quantitative estimate of drug-likeness (QED) is 0.424. The Labute approximate surface area is 188 Å². The first-order chi connectivity index (χ1) is 15.4. The van der Waals surface area contributed by atoms with Gasteiger partial charge in [-0.05, 0) is 73.7 Å². The van der Waals surface area contributed by atoms with Gasteiger partial charge < -0.3 is 14.5 Å². The number of amides is 1. The van der Waals surface area contributed by atoms with Crippen LogP contribution in [-0.2, 0) is 33.8 Å². The molecule has 32 heavy (non-hydrogen) atoms. The van der Waals surface area contributed by atoms with Crippen molar-refractivity contribution in [1.29, 1.82) is 0 Å². The van der Waals surface area contributed by atoms with Crippen LogP contribution in [-0.4, -0.2) is 22.9 Å². The van der Waals surface area contributed by atoms with E-state index in [1.54, 1.807) is 6.92 Å². The predicted molar refractivity (Wildman–Crippen MR) is 121 cm³/mol. The number of carbonyl (C=O) groups excluding carboxylic acids is 2. The van der Waals surface area contributed by atoms with Gasteiger partial charge >= 0.3 is 11.6 Å². The molecule has 0 radical (unpaired) electrons. The van der Waals surface area contributed by atoms with Crippen molar-refractivity contribution >= 4 is 40.3 Å². The van der Waals surface area contributed by atoms with Crippen LogP contribution in [0.5, 0.6) is 0 Å². The van der Waals surface area contributed by atoms with Crippen molar-refractivity contribution in [2.24, 2.45) is 0 Å². The average Bonchev–Trinajstić information content (AvgIpc) is 3.23. The highest BCUT2D eigenvalue weighted by atomic mass is 32.2. The van der Waals surface area contributed by atoms with Gasteiger partial charge in [-0.25, -0.2) is 9.18 Å². The molecule has 1 aromatic heterocycles. The fourth-order valence-electron chi connectivity index (χ4n) is 3.68. The Kier molecular flexibility index (Phi) is 6.60. The molecule has 1 heterocycles. The number of nitrogens with one attached hydrogen (secondary N) is 1. The fourth-order valence-corrected chi connectivity index (χ4v) is 4.36. The Balaban J connectivity index is 1.34. The zero-order chi connectivity index (χ0) is 22.7. The maximum Gasteiger partial charge on any atom is 0.336 e. The maximum absolute atomic E-state index is 12.9. The van der Waals surface area contributed by atoms with Gasteiger partial charge in [0.15, 0.2) is 0 Å². The molecule has 0 aliphatic heterocycles. The minimum Gasteiger partial charge on any atom is -0.460 e. The van der Waals surface area contributed by atoms with Crippen LogP contribution in [0.2, 0.25) is 0 Å². The van der Waals surface area contributed by atoms with Crippen LogP contribution >= 0.6 is 11.8 Å². The lowest BCUT2D eigenvalue weighted by atomic mass is 10.0. The minimum absolute atomic E-state index is 0.0393. The summed E-state index contributed by atoms with van der Waals surface area (Å²) in [7, 11) is 0. The molecule has 1 amide bonds. The van der Waals surface area contributed by atoms with Gasteiger partial charge in [-0.15, -0.1) is 11.8 Å². The van der Waals surface area contributed by atoms with Crippen molar-refractivity contribution in [3.05, 3.63) is 75.4 Å². The summed E-state index contributed by atoms with van der Waals surface area (Å²) in [5.74, 6) is -1.13. The van der Waals surface area contributed by atoms with Gasteiger partial charge in [0.25, 0.3) is 0 Å². The Bertz CT molecular complexity index is 1220. The molecule has 0 saturated carbocycles. The number of carbonyl (C=O) groups is 2. The molecular weight excluding hydrogens is 433 g/mol. The molecule has 1 atom stereocenters. The number of esters is 1. The zero-order valence-electron chi connectivity index (χ0n) is 17.5. The molecule has 2 aromatic carbocycles. The van der Waals surface area contributed by atoms with Crippen LogP contribution in [0.25, 0.3) is 11.0 Å². The Hall–Kier alpha value is -3.13. The lowest BCUT2D eigenvalue weighted by Gasteiger charge is -2.13. The number of ether oxygens (including phenoxy) is 1. The van der Waals surface area contributed by atoms with Crippen molar-refractivity contribution in [3.8, 4) is 0 Å². The number of halogens is 1. The van der Waals surface area contributed by atoms with Crippen molar-refractivity contribution < 1.29 is 23.1 Å². The number of hydrogen-bond donors (Lipinski definition) is 1. The standard InChI is InChI=1S/C24H22FNO5S/c1-14(32-13-22(27)26-19-7-5-18(25)6-8-19)24(29)30-12-17-11-23(28)31-21-10-16-4-2-3-15(16)9-20(17)21/h5-11,14H,2-4,12-13H2,1H3,(H,26,27). The fraction of sp³-hybridized carbons (Fsp3) is 0.292. The summed E-state index contributed by atoms with van der Waals surface area (Å²) in [6.45, 7) is 1.61. The molecule has 8 heteroatoms. The second-order valence-electron chi connectivity index (χ2n) is 7.68. The third-order valence-electron chi connectivity index (χ3n) is 5.34. The average molecular weight is 456 g/mol. The number of rotatable bonds is 7. The Morgan fingerprint density at radius 2 is 1.88 bits per heavy atom. The summed E-state index contributed by atoms with van der Waals surface area (Å²) in [6, 6.07) is 10.7. The van der Waals surface area contributed by atoms with E-state index in [9.17, 15) is 18.8 Å². The first-order valence-electron chi connectivity index (χ1n) is 10.3. The number of thioether (sulfide) groups is 1. The second kappa shape index (κ2) is 9.56.